The zero-order chi connectivity index (χ0) is 11.4. The molecule has 1 fully saturated rings. The lowest BCUT2D eigenvalue weighted by Gasteiger charge is -2.22. The number of nitrogens with zero attached hydrogens (tertiary/aromatic N) is 3. The van der Waals surface area contributed by atoms with Crippen molar-refractivity contribution in [2.75, 3.05) is 19.6 Å². The Labute approximate surface area is 96.9 Å². The summed E-state index contributed by atoms with van der Waals surface area (Å²) >= 11 is 0. The molecule has 0 radical (unpaired) electrons. The van der Waals surface area contributed by atoms with Crippen molar-refractivity contribution in [3.8, 4) is 0 Å². The summed E-state index contributed by atoms with van der Waals surface area (Å²) in [6.07, 6.45) is 8.57. The Morgan fingerprint density at radius 2 is 2.19 bits per heavy atom. The molecule has 1 N–H and O–H groups in total. The fourth-order valence-electron chi connectivity index (χ4n) is 2.22. The Bertz CT molecular complexity index is 308. The van der Waals surface area contributed by atoms with Crippen molar-refractivity contribution < 1.29 is 5.11 Å². The van der Waals surface area contributed by atoms with Crippen LogP contribution in [0.25, 0.3) is 0 Å². The molecule has 4 heteroatoms. The van der Waals surface area contributed by atoms with Crippen molar-refractivity contribution in [3.63, 3.8) is 0 Å². The summed E-state index contributed by atoms with van der Waals surface area (Å²) in [6, 6.07) is 0. The standard InChI is InChI=1S/C12H21N3O/c1-12(16)3-2-6-14(7-4-12)9-10-15-8-5-13-11-15/h5,8,11,16H,2-4,6-7,9-10H2,1H3. The maximum Gasteiger partial charge on any atom is 0.0946 e. The molecule has 1 aromatic heterocycles. The second kappa shape index (κ2) is 4.97. The van der Waals surface area contributed by atoms with Crippen molar-refractivity contribution in [2.45, 2.75) is 38.3 Å². The number of hydrogen-bond acceptors (Lipinski definition) is 3. The van der Waals surface area contributed by atoms with Gasteiger partial charge in [-0.3, -0.25) is 0 Å². The number of likely N-dealkylation sites (tertiary alicyclic amines) is 1. The van der Waals surface area contributed by atoms with E-state index in [4.69, 9.17) is 0 Å². The van der Waals surface area contributed by atoms with Crippen LogP contribution in [0, 0.1) is 0 Å². The van der Waals surface area contributed by atoms with Gasteiger partial charge in [-0.15, -0.1) is 0 Å². The van der Waals surface area contributed by atoms with E-state index in [2.05, 4.69) is 14.5 Å². The Morgan fingerprint density at radius 1 is 1.31 bits per heavy atom. The highest BCUT2D eigenvalue weighted by Gasteiger charge is 2.24. The summed E-state index contributed by atoms with van der Waals surface area (Å²) in [5, 5.41) is 9.98. The van der Waals surface area contributed by atoms with Gasteiger partial charge in [-0.2, -0.15) is 0 Å². The lowest BCUT2D eigenvalue weighted by Crippen LogP contribution is -2.30. The average Bonchev–Trinajstić information content (AvgIpc) is 2.68. The minimum atomic E-state index is -0.455. The predicted molar refractivity (Wildman–Crippen MR) is 63.1 cm³/mol. The molecule has 2 rings (SSSR count). The lowest BCUT2D eigenvalue weighted by molar-refractivity contribution is 0.0446. The van der Waals surface area contributed by atoms with E-state index in [9.17, 15) is 5.11 Å². The third kappa shape index (κ3) is 3.32. The second-order valence-electron chi connectivity index (χ2n) is 4.99. The molecule has 1 saturated heterocycles. The van der Waals surface area contributed by atoms with Gasteiger partial charge in [0.2, 0.25) is 0 Å². The van der Waals surface area contributed by atoms with Crippen molar-refractivity contribution in [3.05, 3.63) is 18.7 Å². The van der Waals surface area contributed by atoms with Crippen LogP contribution >= 0.6 is 0 Å². The first-order chi connectivity index (χ1) is 7.66. The van der Waals surface area contributed by atoms with E-state index in [-0.39, 0.29) is 0 Å². The van der Waals surface area contributed by atoms with Gasteiger partial charge in [0, 0.05) is 32.0 Å². The first-order valence-corrected chi connectivity index (χ1v) is 6.06. The molecule has 1 aliphatic heterocycles. The lowest BCUT2D eigenvalue weighted by atomic mass is 9.98. The molecule has 0 aromatic carbocycles. The molecule has 1 unspecified atom stereocenters. The Kier molecular flexibility index (Phi) is 3.61. The van der Waals surface area contributed by atoms with Crippen LogP contribution in [0.1, 0.15) is 26.2 Å². The number of aliphatic hydroxyl groups is 1. The van der Waals surface area contributed by atoms with Gasteiger partial charge in [0.25, 0.3) is 0 Å². The molecule has 0 bridgehead atoms. The van der Waals surface area contributed by atoms with Gasteiger partial charge in [0.05, 0.1) is 11.9 Å². The van der Waals surface area contributed by atoms with E-state index < -0.39 is 5.60 Å². The number of rotatable bonds is 3. The van der Waals surface area contributed by atoms with Crippen LogP contribution in [-0.2, 0) is 6.54 Å². The molecule has 1 aliphatic rings. The maximum absolute atomic E-state index is 9.98. The summed E-state index contributed by atoms with van der Waals surface area (Å²) in [7, 11) is 0. The summed E-state index contributed by atoms with van der Waals surface area (Å²) < 4.78 is 2.10. The molecule has 0 spiro atoms. The zero-order valence-electron chi connectivity index (χ0n) is 9.97. The van der Waals surface area contributed by atoms with Gasteiger partial charge in [-0.1, -0.05) is 0 Å². The van der Waals surface area contributed by atoms with Crippen LogP contribution in [0.3, 0.4) is 0 Å². The highest BCUT2D eigenvalue weighted by atomic mass is 16.3. The molecular weight excluding hydrogens is 202 g/mol. The summed E-state index contributed by atoms with van der Waals surface area (Å²) in [6.45, 7) is 6.09. The largest absolute Gasteiger partial charge is 0.390 e. The zero-order valence-corrected chi connectivity index (χ0v) is 9.97. The van der Waals surface area contributed by atoms with Crippen LogP contribution in [0.5, 0.6) is 0 Å². The first kappa shape index (κ1) is 11.6. The molecule has 0 aliphatic carbocycles. The first-order valence-electron chi connectivity index (χ1n) is 6.06. The SMILES string of the molecule is CC1(O)CCCN(CCn2ccnc2)CC1. The quantitative estimate of drug-likeness (QED) is 0.835. The monoisotopic (exact) mass is 223 g/mol. The predicted octanol–water partition coefficient (Wildman–Crippen LogP) is 1.12. The van der Waals surface area contributed by atoms with Crippen LogP contribution in [0.15, 0.2) is 18.7 Å². The minimum absolute atomic E-state index is 0.455. The van der Waals surface area contributed by atoms with Crippen molar-refractivity contribution >= 4 is 0 Å². The Hall–Kier alpha value is -0.870. The van der Waals surface area contributed by atoms with Crippen molar-refractivity contribution in [1.82, 2.24) is 14.5 Å². The van der Waals surface area contributed by atoms with Gasteiger partial charge in [-0.25, -0.2) is 4.98 Å². The molecule has 1 atom stereocenters. The highest BCUT2D eigenvalue weighted by molar-refractivity contribution is 4.80. The average molecular weight is 223 g/mol. The van der Waals surface area contributed by atoms with E-state index >= 15 is 0 Å². The number of aromatic nitrogens is 2. The fourth-order valence-corrected chi connectivity index (χ4v) is 2.22. The second-order valence-corrected chi connectivity index (χ2v) is 4.99. The van der Waals surface area contributed by atoms with Crippen LogP contribution < -0.4 is 0 Å². The molecule has 0 saturated carbocycles. The van der Waals surface area contributed by atoms with Crippen molar-refractivity contribution in [1.29, 1.82) is 0 Å². The Morgan fingerprint density at radius 3 is 2.94 bits per heavy atom. The van der Waals surface area contributed by atoms with Crippen LogP contribution in [0.4, 0.5) is 0 Å². The summed E-state index contributed by atoms with van der Waals surface area (Å²) in [4.78, 5) is 6.46. The maximum atomic E-state index is 9.98. The van der Waals surface area contributed by atoms with Gasteiger partial charge >= 0.3 is 0 Å². The molecule has 0 amide bonds. The van der Waals surface area contributed by atoms with Gasteiger partial charge in [-0.05, 0) is 32.7 Å². The fraction of sp³-hybridized carbons (Fsp3) is 0.750. The molecule has 90 valence electrons. The molecule has 4 nitrogen and oxygen atoms in total. The van der Waals surface area contributed by atoms with E-state index in [1.807, 2.05) is 25.6 Å². The van der Waals surface area contributed by atoms with E-state index in [1.165, 1.54) is 0 Å². The van der Waals surface area contributed by atoms with Gasteiger partial charge in [0.15, 0.2) is 0 Å². The third-order valence-electron chi connectivity index (χ3n) is 3.39. The topological polar surface area (TPSA) is 41.3 Å². The molecule has 1 aromatic rings. The van der Waals surface area contributed by atoms with Gasteiger partial charge < -0.3 is 14.6 Å². The molecular formula is C12H21N3O. The van der Waals surface area contributed by atoms with Gasteiger partial charge in [0.1, 0.15) is 0 Å². The smallest absolute Gasteiger partial charge is 0.0946 e. The van der Waals surface area contributed by atoms with E-state index in [1.54, 1.807) is 0 Å². The third-order valence-corrected chi connectivity index (χ3v) is 3.39. The highest BCUT2D eigenvalue weighted by Crippen LogP contribution is 2.21. The van der Waals surface area contributed by atoms with Crippen LogP contribution in [0.2, 0.25) is 0 Å². The van der Waals surface area contributed by atoms with E-state index in [0.717, 1.165) is 45.4 Å². The van der Waals surface area contributed by atoms with E-state index in [0.29, 0.717) is 0 Å². The number of hydrogen-bond donors (Lipinski definition) is 1. The summed E-state index contributed by atoms with van der Waals surface area (Å²) in [5.41, 5.74) is -0.455. The normalized spacial score (nSPS) is 27.9. The summed E-state index contributed by atoms with van der Waals surface area (Å²) in [5.74, 6) is 0. The minimum Gasteiger partial charge on any atom is -0.390 e. The molecule has 2 heterocycles. The Balaban J connectivity index is 1.78. The molecule has 16 heavy (non-hydrogen) atoms. The van der Waals surface area contributed by atoms with Crippen molar-refractivity contribution in [2.24, 2.45) is 0 Å². The van der Waals surface area contributed by atoms with Crippen LogP contribution in [-0.4, -0.2) is 44.8 Å². The number of imidazole rings is 1.